The molecule has 1 amide bonds. The molecule has 11 nitrogen and oxygen atoms in total. The largest absolute Gasteiger partial charge is 0.462 e. The van der Waals surface area contributed by atoms with Crippen LogP contribution in [0, 0.1) is 6.92 Å². The lowest BCUT2D eigenvalue weighted by Gasteiger charge is -2.12. The molecule has 2 heterocycles. The molecule has 1 N–H and O–H groups in total. The molecule has 11 heteroatoms. The fourth-order valence-corrected chi connectivity index (χ4v) is 2.88. The van der Waals surface area contributed by atoms with E-state index in [-0.39, 0.29) is 47.1 Å². The highest BCUT2D eigenvalue weighted by Crippen LogP contribution is 2.17. The monoisotopic (exact) mass is 428 g/mol. The van der Waals surface area contributed by atoms with Crippen molar-refractivity contribution in [2.75, 3.05) is 18.5 Å². The van der Waals surface area contributed by atoms with Gasteiger partial charge in [-0.1, -0.05) is 17.3 Å². The minimum Gasteiger partial charge on any atom is -0.462 e. The van der Waals surface area contributed by atoms with Crippen LogP contribution in [0.1, 0.15) is 40.5 Å². The van der Waals surface area contributed by atoms with Crippen LogP contribution >= 0.6 is 0 Å². The molecule has 3 aromatic rings. The number of fused-ring (bicyclic) bond motifs is 1. The van der Waals surface area contributed by atoms with Gasteiger partial charge in [-0.3, -0.25) is 14.2 Å². The molecule has 0 unspecified atom stereocenters. The van der Waals surface area contributed by atoms with Gasteiger partial charge in [-0.25, -0.2) is 9.59 Å². The van der Waals surface area contributed by atoms with Gasteiger partial charge in [0.05, 0.1) is 24.5 Å². The van der Waals surface area contributed by atoms with Gasteiger partial charge in [0.15, 0.2) is 0 Å². The van der Waals surface area contributed by atoms with Gasteiger partial charge in [0.1, 0.15) is 17.8 Å². The molecule has 0 saturated carbocycles. The SMILES string of the molecule is CCOC(=O)c1ccccc1NC(=O)Cn1c(C)nc2onc(C(=O)OCC)c2c1=O. The van der Waals surface area contributed by atoms with E-state index in [0.29, 0.717) is 0 Å². The summed E-state index contributed by atoms with van der Waals surface area (Å²) in [7, 11) is 0. The molecule has 0 spiro atoms. The van der Waals surface area contributed by atoms with E-state index in [1.54, 1.807) is 32.0 Å². The summed E-state index contributed by atoms with van der Waals surface area (Å²) in [4.78, 5) is 53.8. The molecule has 0 bridgehead atoms. The fraction of sp³-hybridized carbons (Fsp3) is 0.300. The van der Waals surface area contributed by atoms with E-state index in [2.05, 4.69) is 15.5 Å². The van der Waals surface area contributed by atoms with Crippen LogP contribution in [0.3, 0.4) is 0 Å². The molecule has 0 aliphatic heterocycles. The standard InChI is InChI=1S/C20H20N4O7/c1-4-29-19(27)12-8-6-7-9-13(12)22-14(25)10-24-11(3)21-17-15(18(24)26)16(23-31-17)20(28)30-5-2/h6-9H,4-5,10H2,1-3H3,(H,22,25). The Kier molecular flexibility index (Phi) is 6.43. The zero-order valence-electron chi connectivity index (χ0n) is 17.1. The highest BCUT2D eigenvalue weighted by atomic mass is 16.5. The van der Waals surface area contributed by atoms with Crippen molar-refractivity contribution in [2.45, 2.75) is 27.3 Å². The second kappa shape index (κ2) is 9.20. The number of hydrogen-bond donors (Lipinski definition) is 1. The molecular weight excluding hydrogens is 408 g/mol. The first kappa shape index (κ1) is 21.7. The molecule has 2 aromatic heterocycles. The van der Waals surface area contributed by atoms with Crippen molar-refractivity contribution in [3.8, 4) is 0 Å². The quantitative estimate of drug-likeness (QED) is 0.556. The fourth-order valence-electron chi connectivity index (χ4n) is 2.88. The lowest BCUT2D eigenvalue weighted by molar-refractivity contribution is -0.116. The summed E-state index contributed by atoms with van der Waals surface area (Å²) in [6, 6.07) is 6.34. The maximum Gasteiger partial charge on any atom is 0.361 e. The maximum atomic E-state index is 12.9. The lowest BCUT2D eigenvalue weighted by Crippen LogP contribution is -2.31. The Bertz CT molecular complexity index is 1210. The Hall–Kier alpha value is -4.02. The maximum absolute atomic E-state index is 12.9. The van der Waals surface area contributed by atoms with Crippen LogP contribution in [0.4, 0.5) is 5.69 Å². The predicted molar refractivity (Wildman–Crippen MR) is 108 cm³/mol. The van der Waals surface area contributed by atoms with Crippen molar-refractivity contribution < 1.29 is 28.4 Å². The van der Waals surface area contributed by atoms with Crippen molar-refractivity contribution in [3.05, 3.63) is 51.7 Å². The number of aryl methyl sites for hydroxylation is 1. The van der Waals surface area contributed by atoms with Gasteiger partial charge in [0, 0.05) is 0 Å². The Morgan fingerprint density at radius 1 is 1.10 bits per heavy atom. The van der Waals surface area contributed by atoms with Crippen LogP contribution in [0.25, 0.3) is 11.1 Å². The van der Waals surface area contributed by atoms with Crippen LogP contribution in [-0.4, -0.2) is 45.8 Å². The van der Waals surface area contributed by atoms with E-state index in [4.69, 9.17) is 14.0 Å². The molecule has 0 aliphatic carbocycles. The summed E-state index contributed by atoms with van der Waals surface area (Å²) in [5.41, 5.74) is -0.700. The summed E-state index contributed by atoms with van der Waals surface area (Å²) in [5.74, 6) is -1.82. The van der Waals surface area contributed by atoms with Gasteiger partial charge < -0.3 is 19.3 Å². The molecular formula is C20H20N4O7. The molecule has 3 rings (SSSR count). The van der Waals surface area contributed by atoms with Gasteiger partial charge in [-0.05, 0) is 32.9 Å². The third-order valence-corrected chi connectivity index (χ3v) is 4.25. The van der Waals surface area contributed by atoms with Gasteiger partial charge in [0.2, 0.25) is 11.6 Å². The molecule has 162 valence electrons. The Morgan fingerprint density at radius 3 is 2.48 bits per heavy atom. The summed E-state index contributed by atoms with van der Waals surface area (Å²) in [6.07, 6.45) is 0. The van der Waals surface area contributed by atoms with Crippen molar-refractivity contribution in [2.24, 2.45) is 0 Å². The number of nitrogens with one attached hydrogen (secondary N) is 1. The van der Waals surface area contributed by atoms with Crippen molar-refractivity contribution in [1.82, 2.24) is 14.7 Å². The number of hydrogen-bond acceptors (Lipinski definition) is 9. The number of benzene rings is 1. The lowest BCUT2D eigenvalue weighted by atomic mass is 10.2. The van der Waals surface area contributed by atoms with E-state index in [9.17, 15) is 19.2 Å². The Morgan fingerprint density at radius 2 is 1.77 bits per heavy atom. The number of carbonyl (C=O) groups is 3. The molecule has 0 radical (unpaired) electrons. The van der Waals surface area contributed by atoms with Crippen LogP contribution in [0.15, 0.2) is 33.6 Å². The highest BCUT2D eigenvalue weighted by Gasteiger charge is 2.24. The van der Waals surface area contributed by atoms with E-state index < -0.39 is 29.9 Å². The summed E-state index contributed by atoms with van der Waals surface area (Å²) in [5, 5.41) is 5.99. The van der Waals surface area contributed by atoms with E-state index in [1.807, 2.05) is 0 Å². The zero-order chi connectivity index (χ0) is 22.5. The number of amides is 1. The number of nitrogens with zero attached hydrogens (tertiary/aromatic N) is 3. The number of esters is 2. The number of carbonyl (C=O) groups excluding carboxylic acids is 3. The van der Waals surface area contributed by atoms with Gasteiger partial charge in [-0.15, -0.1) is 0 Å². The molecule has 0 saturated heterocycles. The Balaban J connectivity index is 1.91. The molecule has 0 aliphatic rings. The van der Waals surface area contributed by atoms with Crippen molar-refractivity contribution >= 4 is 34.6 Å². The summed E-state index contributed by atoms with van der Waals surface area (Å²) < 4.78 is 15.9. The first-order valence-corrected chi connectivity index (χ1v) is 9.47. The first-order chi connectivity index (χ1) is 14.9. The average molecular weight is 428 g/mol. The smallest absolute Gasteiger partial charge is 0.361 e. The third-order valence-electron chi connectivity index (χ3n) is 4.25. The average Bonchev–Trinajstić information content (AvgIpc) is 3.16. The Labute approximate surface area is 175 Å². The number of aromatic nitrogens is 3. The number of rotatable bonds is 7. The number of anilines is 1. The second-order valence-corrected chi connectivity index (χ2v) is 6.30. The van der Waals surface area contributed by atoms with E-state index >= 15 is 0 Å². The van der Waals surface area contributed by atoms with Crippen molar-refractivity contribution in [1.29, 1.82) is 0 Å². The summed E-state index contributed by atoms with van der Waals surface area (Å²) in [6.45, 7) is 4.64. The molecule has 31 heavy (non-hydrogen) atoms. The molecule has 1 aromatic carbocycles. The first-order valence-electron chi connectivity index (χ1n) is 9.47. The number of ether oxygens (including phenoxy) is 2. The van der Waals surface area contributed by atoms with Crippen molar-refractivity contribution in [3.63, 3.8) is 0 Å². The van der Waals surface area contributed by atoms with Gasteiger partial charge in [0.25, 0.3) is 11.3 Å². The third kappa shape index (κ3) is 4.44. The van der Waals surface area contributed by atoms with E-state index in [0.717, 1.165) is 4.57 Å². The molecule has 0 fully saturated rings. The topological polar surface area (TPSA) is 143 Å². The zero-order valence-corrected chi connectivity index (χ0v) is 17.1. The van der Waals surface area contributed by atoms with Gasteiger partial charge >= 0.3 is 11.9 Å². The normalized spacial score (nSPS) is 10.7. The van der Waals surface area contributed by atoms with Gasteiger partial charge in [-0.2, -0.15) is 4.98 Å². The minimum atomic E-state index is -0.830. The minimum absolute atomic E-state index is 0.0863. The second-order valence-electron chi connectivity index (χ2n) is 6.30. The summed E-state index contributed by atoms with van der Waals surface area (Å²) >= 11 is 0. The van der Waals surface area contributed by atoms with Crippen LogP contribution in [0.2, 0.25) is 0 Å². The van der Waals surface area contributed by atoms with Crippen LogP contribution in [0.5, 0.6) is 0 Å². The number of para-hydroxylation sites is 1. The predicted octanol–water partition coefficient (Wildman–Crippen LogP) is 1.69. The van der Waals surface area contributed by atoms with Crippen LogP contribution in [-0.2, 0) is 20.8 Å². The van der Waals surface area contributed by atoms with E-state index in [1.165, 1.54) is 13.0 Å². The van der Waals surface area contributed by atoms with Crippen LogP contribution < -0.4 is 10.9 Å². The molecule has 0 atom stereocenters. The highest BCUT2D eigenvalue weighted by molar-refractivity contribution is 6.02.